The van der Waals surface area contributed by atoms with Crippen molar-refractivity contribution in [2.45, 2.75) is 39.5 Å². The van der Waals surface area contributed by atoms with Crippen molar-refractivity contribution >= 4 is 30.8 Å². The average Bonchev–Trinajstić information content (AvgIpc) is 2.76. The summed E-state index contributed by atoms with van der Waals surface area (Å²) in [6, 6.07) is 15.3. The van der Waals surface area contributed by atoms with Gasteiger partial charge in [0, 0.05) is 0 Å². The van der Waals surface area contributed by atoms with Gasteiger partial charge in [0.2, 0.25) is 5.96 Å². The first kappa shape index (κ1) is 26.0. The van der Waals surface area contributed by atoms with Gasteiger partial charge in [0.05, 0.1) is 25.6 Å². The second kappa shape index (κ2) is 15.7. The van der Waals surface area contributed by atoms with Crippen molar-refractivity contribution in [3.63, 3.8) is 0 Å². The largest absolute Gasteiger partial charge is 0.494 e. The first-order valence-corrected chi connectivity index (χ1v) is 10.3. The van der Waals surface area contributed by atoms with Gasteiger partial charge in [-0.25, -0.2) is 10.9 Å². The maximum Gasteiger partial charge on any atom is 0.230 e. The molecule has 31 heavy (non-hydrogen) atoms. The second-order valence-electron chi connectivity index (χ2n) is 6.66. The van der Waals surface area contributed by atoms with Crippen LogP contribution in [0.25, 0.3) is 0 Å². The Hall–Kier alpha value is -3.06. The van der Waals surface area contributed by atoms with Crippen LogP contribution in [0.3, 0.4) is 0 Å². The summed E-state index contributed by atoms with van der Waals surface area (Å²) in [5.74, 6) is 1.66. The van der Waals surface area contributed by atoms with Crippen LogP contribution in [-0.4, -0.2) is 31.6 Å². The number of hydrazone groups is 2. The molecule has 0 fully saturated rings. The highest BCUT2D eigenvalue weighted by molar-refractivity contribution is 5.85. The molecule has 0 aliphatic carbocycles. The van der Waals surface area contributed by atoms with Crippen LogP contribution >= 0.6 is 12.4 Å². The molecular weight excluding hydrogens is 414 g/mol. The van der Waals surface area contributed by atoms with E-state index in [9.17, 15) is 0 Å². The lowest BCUT2D eigenvalue weighted by Gasteiger charge is -2.05. The molecule has 8 heteroatoms. The normalized spacial score (nSPS) is 10.6. The Balaban J connectivity index is 0.00000480. The van der Waals surface area contributed by atoms with Crippen molar-refractivity contribution in [3.05, 3.63) is 59.7 Å². The minimum absolute atomic E-state index is 0. The second-order valence-corrected chi connectivity index (χ2v) is 6.66. The topological polar surface area (TPSA) is 91.1 Å². The monoisotopic (exact) mass is 445 g/mol. The van der Waals surface area contributed by atoms with Gasteiger partial charge in [-0.05, 0) is 72.5 Å². The van der Waals surface area contributed by atoms with Gasteiger partial charge in [-0.3, -0.25) is 5.41 Å². The van der Waals surface area contributed by atoms with Crippen molar-refractivity contribution in [3.8, 4) is 11.5 Å². The third kappa shape index (κ3) is 11.1. The Labute approximate surface area is 190 Å². The summed E-state index contributed by atoms with van der Waals surface area (Å²) in [5.41, 5.74) is 6.99. The van der Waals surface area contributed by atoms with E-state index in [1.54, 1.807) is 12.4 Å². The third-order valence-corrected chi connectivity index (χ3v) is 4.07. The number of ether oxygens (including phenoxy) is 2. The maximum atomic E-state index is 7.79. The Kier molecular flexibility index (Phi) is 13.2. The van der Waals surface area contributed by atoms with E-state index in [4.69, 9.17) is 14.9 Å². The minimum atomic E-state index is -0.0264. The van der Waals surface area contributed by atoms with E-state index >= 15 is 0 Å². The Morgan fingerprint density at radius 2 is 1.16 bits per heavy atom. The number of benzene rings is 2. The molecule has 7 nitrogen and oxygen atoms in total. The standard InChI is InChI=1S/C23H31N5O2.ClH/c1-3-5-15-29-21-11-7-19(8-12-21)17-25-27-23(24)28-26-18-20-9-13-22(14-10-20)30-16-6-4-2;/h7-14,17-18H,3-6,15-16H2,1-2H3,(H3,24,27,28);1H. The molecule has 0 spiro atoms. The molecule has 0 aliphatic heterocycles. The number of unbranched alkanes of at least 4 members (excludes halogenated alkanes) is 2. The van der Waals surface area contributed by atoms with Crippen LogP contribution in [0.2, 0.25) is 0 Å². The molecule has 168 valence electrons. The fraction of sp³-hybridized carbons (Fsp3) is 0.348. The van der Waals surface area contributed by atoms with E-state index in [2.05, 4.69) is 34.9 Å². The van der Waals surface area contributed by atoms with Gasteiger partial charge in [-0.1, -0.05) is 26.7 Å². The molecule has 0 saturated carbocycles. The molecule has 0 aliphatic rings. The predicted octanol–water partition coefficient (Wildman–Crippen LogP) is 4.95. The van der Waals surface area contributed by atoms with E-state index in [1.165, 1.54) is 0 Å². The number of hydrogen-bond donors (Lipinski definition) is 3. The summed E-state index contributed by atoms with van der Waals surface area (Å²) in [6.45, 7) is 5.72. The van der Waals surface area contributed by atoms with Gasteiger partial charge in [0.1, 0.15) is 11.5 Å². The number of halogens is 1. The molecule has 0 bridgehead atoms. The highest BCUT2D eigenvalue weighted by atomic mass is 35.5. The van der Waals surface area contributed by atoms with Gasteiger partial charge in [0.15, 0.2) is 0 Å². The molecule has 0 aromatic heterocycles. The molecule has 2 rings (SSSR count). The number of hydrogen-bond acceptors (Lipinski definition) is 5. The maximum absolute atomic E-state index is 7.79. The lowest BCUT2D eigenvalue weighted by Crippen LogP contribution is -2.29. The Bertz CT molecular complexity index is 740. The number of nitrogens with one attached hydrogen (secondary N) is 3. The van der Waals surface area contributed by atoms with E-state index in [-0.39, 0.29) is 18.4 Å². The van der Waals surface area contributed by atoms with Crippen LogP contribution in [-0.2, 0) is 0 Å². The lowest BCUT2D eigenvalue weighted by atomic mass is 10.2. The zero-order valence-electron chi connectivity index (χ0n) is 18.1. The summed E-state index contributed by atoms with van der Waals surface area (Å²) in [4.78, 5) is 0. The smallest absolute Gasteiger partial charge is 0.230 e. The molecular formula is C23H32ClN5O2. The summed E-state index contributed by atoms with van der Waals surface area (Å²) >= 11 is 0. The van der Waals surface area contributed by atoms with Crippen LogP contribution in [0.1, 0.15) is 50.7 Å². The zero-order valence-corrected chi connectivity index (χ0v) is 19.0. The number of guanidine groups is 1. The van der Waals surface area contributed by atoms with Crippen LogP contribution in [0, 0.1) is 5.41 Å². The summed E-state index contributed by atoms with van der Waals surface area (Å²) in [7, 11) is 0. The van der Waals surface area contributed by atoms with Crippen LogP contribution in [0.4, 0.5) is 0 Å². The highest BCUT2D eigenvalue weighted by Crippen LogP contribution is 2.12. The molecule has 3 N–H and O–H groups in total. The first-order valence-electron chi connectivity index (χ1n) is 10.3. The van der Waals surface area contributed by atoms with E-state index in [1.807, 2.05) is 48.5 Å². The van der Waals surface area contributed by atoms with Gasteiger partial charge in [-0.15, -0.1) is 12.4 Å². The first-order chi connectivity index (χ1) is 14.7. The minimum Gasteiger partial charge on any atom is -0.494 e. The summed E-state index contributed by atoms with van der Waals surface area (Å²) < 4.78 is 11.3. The van der Waals surface area contributed by atoms with Gasteiger partial charge in [0.25, 0.3) is 0 Å². The van der Waals surface area contributed by atoms with E-state index in [0.717, 1.165) is 61.5 Å². The summed E-state index contributed by atoms with van der Waals surface area (Å²) in [5, 5.41) is 15.8. The fourth-order valence-corrected chi connectivity index (χ4v) is 2.34. The van der Waals surface area contributed by atoms with Crippen molar-refractivity contribution < 1.29 is 9.47 Å². The molecule has 0 atom stereocenters. The third-order valence-electron chi connectivity index (χ3n) is 4.07. The van der Waals surface area contributed by atoms with Crippen molar-refractivity contribution in [2.24, 2.45) is 10.2 Å². The average molecular weight is 446 g/mol. The quantitative estimate of drug-likeness (QED) is 0.186. The van der Waals surface area contributed by atoms with Crippen molar-refractivity contribution in [2.75, 3.05) is 13.2 Å². The molecule has 2 aromatic carbocycles. The fourth-order valence-electron chi connectivity index (χ4n) is 2.34. The summed E-state index contributed by atoms with van der Waals surface area (Å²) in [6.07, 6.45) is 7.58. The van der Waals surface area contributed by atoms with E-state index in [0.29, 0.717) is 0 Å². The SMILES string of the molecule is CCCCOc1ccc(C=NNC(=N)NN=Cc2ccc(OCCCC)cc2)cc1.Cl. The van der Waals surface area contributed by atoms with Crippen molar-refractivity contribution in [1.29, 1.82) is 5.41 Å². The van der Waals surface area contributed by atoms with Crippen LogP contribution < -0.4 is 20.3 Å². The highest BCUT2D eigenvalue weighted by Gasteiger charge is 1.96. The van der Waals surface area contributed by atoms with Crippen LogP contribution in [0.5, 0.6) is 11.5 Å². The van der Waals surface area contributed by atoms with Gasteiger partial charge >= 0.3 is 0 Å². The zero-order chi connectivity index (χ0) is 21.4. The van der Waals surface area contributed by atoms with E-state index < -0.39 is 0 Å². The van der Waals surface area contributed by atoms with Crippen molar-refractivity contribution in [1.82, 2.24) is 10.9 Å². The molecule has 2 aromatic rings. The van der Waals surface area contributed by atoms with Gasteiger partial charge < -0.3 is 9.47 Å². The molecule has 0 radical (unpaired) electrons. The molecule has 0 saturated heterocycles. The molecule has 0 unspecified atom stereocenters. The lowest BCUT2D eigenvalue weighted by molar-refractivity contribution is 0.309. The van der Waals surface area contributed by atoms with Crippen LogP contribution in [0.15, 0.2) is 58.7 Å². The Morgan fingerprint density at radius 3 is 1.52 bits per heavy atom. The predicted molar refractivity (Wildman–Crippen MR) is 130 cm³/mol. The number of nitrogens with zero attached hydrogens (tertiary/aromatic N) is 2. The van der Waals surface area contributed by atoms with Gasteiger partial charge in [-0.2, -0.15) is 10.2 Å². The molecule has 0 amide bonds. The number of rotatable bonds is 12. The Morgan fingerprint density at radius 1 is 0.774 bits per heavy atom. The molecule has 0 heterocycles.